The molecule has 4 aliphatic rings. The van der Waals surface area contributed by atoms with Crippen LogP contribution in [0.5, 0.6) is 5.88 Å². The Morgan fingerprint density at radius 3 is 1.90 bits per heavy atom. The van der Waals surface area contributed by atoms with Gasteiger partial charge in [0.05, 0.1) is 87.4 Å². The summed E-state index contributed by atoms with van der Waals surface area (Å²) in [5, 5.41) is 93.4. The van der Waals surface area contributed by atoms with Crippen molar-refractivity contribution in [3.63, 3.8) is 0 Å². The molecule has 7 rings (SSSR count). The van der Waals surface area contributed by atoms with Crippen LogP contribution in [0.2, 0.25) is 0 Å². The number of hydrogen-bond donors (Lipinski definition) is 8. The Labute approximate surface area is 462 Å². The van der Waals surface area contributed by atoms with Crippen LogP contribution in [-0.2, 0) is 65.8 Å². The number of rotatable bonds is 32. The van der Waals surface area contributed by atoms with Gasteiger partial charge in [0.2, 0.25) is 5.88 Å². The summed E-state index contributed by atoms with van der Waals surface area (Å²) in [4.78, 5) is 54.5. The van der Waals surface area contributed by atoms with Crippen LogP contribution in [0.25, 0.3) is 32.7 Å². The monoisotopic (exact) mass is 1130 g/mol. The molecule has 0 saturated carbocycles. The molecule has 8 N–H and O–H groups in total. The molecule has 446 valence electrons. The van der Waals surface area contributed by atoms with Crippen molar-refractivity contribution in [1.82, 2.24) is 38.8 Å². The average molecular weight is 1130 g/mol. The first kappa shape index (κ1) is 62.8. The first-order valence-electron chi connectivity index (χ1n) is 27.2. The first-order valence-corrected chi connectivity index (χ1v) is 27.2. The molecule has 1 aromatic carbocycles. The number of aromatic nitrogens is 5. The fourth-order valence-corrected chi connectivity index (χ4v) is 10.1. The molecule has 0 amide bonds. The molecule has 2 fully saturated rings. The maximum absolute atomic E-state index is 14.6. The highest BCUT2D eigenvalue weighted by molar-refractivity contribution is 6.16. The second kappa shape index (κ2) is 29.5. The highest BCUT2D eigenvalue weighted by atomic mass is 16.7. The smallest absolute Gasteiger partial charge is 0.263 e. The summed E-state index contributed by atoms with van der Waals surface area (Å²) in [6.45, 7) is 2.97. The highest BCUT2D eigenvalue weighted by Gasteiger charge is 2.50. The maximum atomic E-state index is 14.6. The van der Waals surface area contributed by atoms with E-state index in [9.17, 15) is 55.2 Å². The number of benzene rings is 2. The number of pyridine rings is 2. The predicted octanol–water partition coefficient (Wildman–Crippen LogP) is -3.47. The molecule has 0 unspecified atom stereocenters. The van der Waals surface area contributed by atoms with Gasteiger partial charge in [-0.05, 0) is 112 Å². The molecule has 1 aliphatic carbocycles. The van der Waals surface area contributed by atoms with Crippen LogP contribution in [0.4, 0.5) is 0 Å². The Bertz CT molecular complexity index is 2930. The molecular formula is C53H81N9O18. The number of aliphatic hydroxyl groups excluding tert-OH is 7. The lowest BCUT2D eigenvalue weighted by Gasteiger charge is -2.45. The number of nitrogens with zero attached hydrogens (tertiary/aromatic N) is 9. The average Bonchev–Trinajstić information content (AvgIpc) is 3.89. The van der Waals surface area contributed by atoms with Crippen molar-refractivity contribution in [3.8, 4) is 17.0 Å². The van der Waals surface area contributed by atoms with Gasteiger partial charge in [-0.2, -0.15) is 0 Å². The minimum Gasteiger partial charge on any atom is -0.494 e. The molecule has 3 aromatic rings. The van der Waals surface area contributed by atoms with Crippen molar-refractivity contribution in [2.24, 2.45) is 4.99 Å². The van der Waals surface area contributed by atoms with E-state index in [1.54, 1.807) is 16.9 Å². The molecule has 0 spiro atoms. The van der Waals surface area contributed by atoms with E-state index < -0.39 is 91.3 Å². The van der Waals surface area contributed by atoms with Crippen molar-refractivity contribution in [2.45, 2.75) is 120 Å². The number of aliphatic hydroxyl groups is 7. The number of ether oxygens (including phenoxy) is 7. The van der Waals surface area contributed by atoms with Crippen molar-refractivity contribution >= 4 is 21.5 Å². The lowest BCUT2D eigenvalue weighted by molar-refractivity contribution is -0.359. The molecule has 0 radical (unpaired) electrons. The highest BCUT2D eigenvalue weighted by Crippen LogP contribution is 2.39. The Kier molecular flexibility index (Phi) is 23.1. The third kappa shape index (κ3) is 15.1. The zero-order valence-corrected chi connectivity index (χ0v) is 46.5. The van der Waals surface area contributed by atoms with Crippen LogP contribution in [0.3, 0.4) is 0 Å². The molecule has 27 heteroatoms. The molecule has 3 aliphatic heterocycles. The largest absolute Gasteiger partial charge is 0.494 e. The van der Waals surface area contributed by atoms with E-state index in [0.29, 0.717) is 83.7 Å². The van der Waals surface area contributed by atoms with Crippen LogP contribution < -0.4 is 22.0 Å². The molecule has 10 atom stereocenters. The van der Waals surface area contributed by atoms with Gasteiger partial charge in [-0.1, -0.05) is 5.21 Å². The Morgan fingerprint density at radius 2 is 1.24 bits per heavy atom. The zero-order valence-electron chi connectivity index (χ0n) is 46.5. The van der Waals surface area contributed by atoms with Gasteiger partial charge in [-0.15, -0.1) is 5.10 Å². The lowest BCUT2D eigenvalue weighted by Crippen LogP contribution is -2.64. The third-order valence-corrected chi connectivity index (χ3v) is 14.3. The topological polar surface area (TPSA) is 340 Å². The van der Waals surface area contributed by atoms with Crippen LogP contribution in [0, 0.1) is 0 Å². The van der Waals surface area contributed by atoms with Gasteiger partial charge in [0.15, 0.2) is 12.6 Å². The SMILES string of the molecule is CN(C)CCCc1cc2c(O)n(CCCN(C)C)c(=O)c3c(=NCCCn4cc(COCCOCCOCCO[C@@H]5O[C@H](CO)[C@@H](O[C@H]6O[C@H](CO)[C@@H](O)[C@H](O)[C@H]6O)[C@H](O)[C@H]5O)nn4)cc4c(=O)n(CCCN(C)C)c(=O)c1c-4c23. The third-order valence-electron chi connectivity index (χ3n) is 14.3. The van der Waals surface area contributed by atoms with Gasteiger partial charge >= 0.3 is 0 Å². The summed E-state index contributed by atoms with van der Waals surface area (Å²) in [5.41, 5.74) is 0.672. The fourth-order valence-electron chi connectivity index (χ4n) is 10.1. The molecule has 2 saturated heterocycles. The van der Waals surface area contributed by atoms with E-state index >= 15 is 0 Å². The number of aromatic hydroxyl groups is 1. The van der Waals surface area contributed by atoms with Gasteiger partial charge in [0, 0.05) is 42.5 Å². The lowest BCUT2D eigenvalue weighted by atomic mass is 9.87. The minimum absolute atomic E-state index is 0.0629. The quantitative estimate of drug-likeness (QED) is 0.0153. The standard InChI is InChI=1S/C53H81N9O18/c1-57(2)13-7-11-31-25-33-40-39-34(49(71)61(50(72)38(31)39)17-9-14-58(3)4)26-35(41(40)51(73)62(48(33)70)18-10-15-59(5)6)54-12-8-16-60-27-32(55-56-60)30-76-22-21-74-19-20-75-23-24-77-52-46(69)44(67)47(37(29-64)79-52)80-53-45(68)43(66)42(65)36(28-63)78-53/h25-27,36-37,42-47,52-53,63-70H,7-24,28-30H2,1-6H3/t36-,37-,42-,43+,44-,45-,46-,47-,52-,53-/m1/s1. The number of hydrogen-bond acceptors (Lipinski definition) is 24. The summed E-state index contributed by atoms with van der Waals surface area (Å²) < 4.78 is 43.2. The zero-order chi connectivity index (χ0) is 57.8. The molecule has 27 nitrogen and oxygen atoms in total. The first-order chi connectivity index (χ1) is 38.4. The summed E-state index contributed by atoms with van der Waals surface area (Å²) in [6.07, 6.45) is -10.8. The van der Waals surface area contributed by atoms with Crippen molar-refractivity contribution in [3.05, 3.63) is 66.0 Å². The summed E-state index contributed by atoms with van der Waals surface area (Å²) in [6, 6.07) is 3.48. The van der Waals surface area contributed by atoms with E-state index in [4.69, 9.17) is 38.2 Å². The van der Waals surface area contributed by atoms with Crippen molar-refractivity contribution < 1.29 is 74.0 Å². The van der Waals surface area contributed by atoms with E-state index in [-0.39, 0.29) is 82.7 Å². The van der Waals surface area contributed by atoms with Crippen LogP contribution in [-0.4, -0.2) is 262 Å². The van der Waals surface area contributed by atoms with E-state index in [0.717, 1.165) is 13.0 Å². The maximum Gasteiger partial charge on any atom is 0.263 e. The Hall–Kier alpha value is -4.76. The van der Waals surface area contributed by atoms with Gasteiger partial charge < -0.3 is 88.7 Å². The summed E-state index contributed by atoms with van der Waals surface area (Å²) in [5.74, 6) is -0.203. The van der Waals surface area contributed by atoms with Gasteiger partial charge in [0.1, 0.15) is 54.5 Å². The summed E-state index contributed by atoms with van der Waals surface area (Å²) >= 11 is 0. The van der Waals surface area contributed by atoms with Crippen LogP contribution in [0.15, 0.2) is 37.7 Å². The molecule has 0 bridgehead atoms. The minimum atomic E-state index is -1.78. The molecule has 2 aromatic heterocycles. The van der Waals surface area contributed by atoms with E-state index in [2.05, 4.69) is 15.2 Å². The van der Waals surface area contributed by atoms with E-state index in [1.165, 1.54) is 9.13 Å². The second-order valence-electron chi connectivity index (χ2n) is 21.2. The molecule has 80 heavy (non-hydrogen) atoms. The fraction of sp³-hybridized carbons (Fsp3) is 0.698. The van der Waals surface area contributed by atoms with Crippen molar-refractivity contribution in [2.75, 3.05) is 121 Å². The normalized spacial score (nSPS) is 24.1. The van der Waals surface area contributed by atoms with Crippen LogP contribution >= 0.6 is 0 Å². The second-order valence-corrected chi connectivity index (χ2v) is 21.2. The Balaban J connectivity index is 0.903. The van der Waals surface area contributed by atoms with Gasteiger partial charge in [0.25, 0.3) is 16.7 Å². The number of aryl methyl sites for hydroxylation is 2. The van der Waals surface area contributed by atoms with E-state index in [1.807, 2.05) is 58.2 Å². The van der Waals surface area contributed by atoms with Gasteiger partial charge in [-0.3, -0.25) is 33.2 Å². The summed E-state index contributed by atoms with van der Waals surface area (Å²) in [7, 11) is 11.7. The molecule has 5 heterocycles. The molecular weight excluding hydrogens is 1050 g/mol. The van der Waals surface area contributed by atoms with Crippen molar-refractivity contribution in [1.29, 1.82) is 0 Å². The van der Waals surface area contributed by atoms with Gasteiger partial charge in [-0.25, -0.2) is 0 Å². The Morgan fingerprint density at radius 1 is 0.637 bits per heavy atom. The predicted molar refractivity (Wildman–Crippen MR) is 289 cm³/mol. The van der Waals surface area contributed by atoms with Crippen LogP contribution in [0.1, 0.15) is 36.9 Å².